The first-order valence-corrected chi connectivity index (χ1v) is 4.25. The van der Waals surface area contributed by atoms with E-state index in [4.69, 9.17) is 0 Å². The third-order valence-corrected chi connectivity index (χ3v) is 1.79. The van der Waals surface area contributed by atoms with Crippen LogP contribution in [0.2, 0.25) is 0 Å². The van der Waals surface area contributed by atoms with Gasteiger partial charge in [-0.2, -0.15) is 8.78 Å². The number of ketones is 2. The molecule has 0 amide bonds. The second-order valence-electron chi connectivity index (χ2n) is 3.15. The summed E-state index contributed by atoms with van der Waals surface area (Å²) in [6.45, 7) is 0.478. The monoisotopic (exact) mass is 213 g/mol. The lowest BCUT2D eigenvalue weighted by molar-refractivity contribution is -0.139. The Morgan fingerprint density at radius 2 is 2.13 bits per heavy atom. The average Bonchev–Trinajstić information content (AvgIpc) is 2.17. The van der Waals surface area contributed by atoms with Crippen molar-refractivity contribution in [1.82, 2.24) is 4.98 Å². The molecular formula is C10H9F2NO2. The van der Waals surface area contributed by atoms with Gasteiger partial charge in [0.1, 0.15) is 0 Å². The number of nitrogens with zero attached hydrogens (tertiary/aromatic N) is 1. The lowest BCUT2D eigenvalue weighted by Gasteiger charge is -2.07. The second kappa shape index (κ2) is 4.25. The van der Waals surface area contributed by atoms with Crippen LogP contribution in [-0.2, 0) is 4.79 Å². The maximum Gasteiger partial charge on any atom is 0.303 e. The largest absolute Gasteiger partial charge is 0.303 e. The molecule has 0 aliphatic heterocycles. The van der Waals surface area contributed by atoms with Crippen LogP contribution < -0.4 is 0 Å². The molecule has 0 atom stereocenters. The molecule has 0 unspecified atom stereocenters. The average molecular weight is 213 g/mol. The zero-order chi connectivity index (χ0) is 11.5. The molecule has 0 saturated carbocycles. The lowest BCUT2D eigenvalue weighted by atomic mass is 10.1. The van der Waals surface area contributed by atoms with Crippen LogP contribution in [0.5, 0.6) is 0 Å². The van der Waals surface area contributed by atoms with Gasteiger partial charge in [-0.1, -0.05) is 0 Å². The van der Waals surface area contributed by atoms with Gasteiger partial charge in [0.15, 0.2) is 5.78 Å². The van der Waals surface area contributed by atoms with Crippen molar-refractivity contribution in [3.8, 4) is 0 Å². The highest BCUT2D eigenvalue weighted by atomic mass is 19.3. The molecule has 1 heterocycles. The molecule has 1 aromatic heterocycles. The molecule has 0 spiro atoms. The van der Waals surface area contributed by atoms with Crippen LogP contribution in [0.1, 0.15) is 23.7 Å². The maximum atomic E-state index is 12.5. The Kier molecular flexibility index (Phi) is 3.24. The summed E-state index contributed by atoms with van der Waals surface area (Å²) < 4.78 is 24.9. The smallest absolute Gasteiger partial charge is 0.294 e. The summed E-state index contributed by atoms with van der Waals surface area (Å²) in [6, 6.07) is 2.93. The summed E-state index contributed by atoms with van der Waals surface area (Å²) in [7, 11) is 0. The van der Waals surface area contributed by atoms with Crippen molar-refractivity contribution in [3.63, 3.8) is 0 Å². The van der Waals surface area contributed by atoms with E-state index in [0.717, 1.165) is 0 Å². The van der Waals surface area contributed by atoms with Gasteiger partial charge in [-0.05, 0) is 12.1 Å². The van der Waals surface area contributed by atoms with Crippen molar-refractivity contribution >= 4 is 11.6 Å². The zero-order valence-electron chi connectivity index (χ0n) is 8.04. The van der Waals surface area contributed by atoms with Crippen LogP contribution in [0, 0.1) is 0 Å². The topological polar surface area (TPSA) is 47.0 Å². The fourth-order valence-corrected chi connectivity index (χ4v) is 0.931. The molecule has 1 rings (SSSR count). The minimum atomic E-state index is -3.46. The highest BCUT2D eigenvalue weighted by molar-refractivity contribution is 6.09. The first-order valence-electron chi connectivity index (χ1n) is 4.25. The van der Waals surface area contributed by atoms with Gasteiger partial charge in [-0.25, -0.2) is 0 Å². The molecule has 0 bridgehead atoms. The number of carbonyl (C=O) groups excluding carboxylic acids is 2. The normalized spacial score (nSPS) is 11.1. The third-order valence-electron chi connectivity index (χ3n) is 1.79. The van der Waals surface area contributed by atoms with Gasteiger partial charge >= 0.3 is 5.92 Å². The van der Waals surface area contributed by atoms with Crippen molar-refractivity contribution in [3.05, 3.63) is 30.1 Å². The van der Waals surface area contributed by atoms with Crippen molar-refractivity contribution in [2.45, 2.75) is 19.3 Å². The number of hydrogen-bond donors (Lipinski definition) is 0. The number of carbonyl (C=O) groups is 2. The number of aromatic nitrogens is 1. The molecule has 3 nitrogen and oxygen atoms in total. The van der Waals surface area contributed by atoms with E-state index in [0.29, 0.717) is 6.92 Å². The van der Waals surface area contributed by atoms with Crippen LogP contribution in [0.25, 0.3) is 0 Å². The van der Waals surface area contributed by atoms with E-state index in [2.05, 4.69) is 4.98 Å². The minimum absolute atomic E-state index is 0.162. The first-order chi connectivity index (χ1) is 6.91. The fourth-order valence-electron chi connectivity index (χ4n) is 0.931. The summed E-state index contributed by atoms with van der Waals surface area (Å²) >= 11 is 0. The Labute approximate surface area is 85.1 Å². The van der Waals surface area contributed by atoms with Crippen molar-refractivity contribution in [2.75, 3.05) is 0 Å². The number of Topliss-reactive ketones (excluding diaryl/α,β-unsaturated/α-hetero) is 2. The van der Waals surface area contributed by atoms with E-state index >= 15 is 0 Å². The summed E-state index contributed by atoms with van der Waals surface area (Å²) in [6.07, 6.45) is 1.89. The second-order valence-corrected chi connectivity index (χ2v) is 3.15. The number of halogens is 2. The Bertz CT molecular complexity index is 371. The maximum absolute atomic E-state index is 12.5. The fraction of sp³-hybridized carbons (Fsp3) is 0.300. The quantitative estimate of drug-likeness (QED) is 0.566. The van der Waals surface area contributed by atoms with Crippen LogP contribution >= 0.6 is 0 Å². The van der Waals surface area contributed by atoms with Gasteiger partial charge < -0.3 is 0 Å². The van der Waals surface area contributed by atoms with Crippen LogP contribution in [0.4, 0.5) is 8.78 Å². The molecule has 5 heteroatoms. The van der Waals surface area contributed by atoms with Crippen molar-refractivity contribution in [2.24, 2.45) is 0 Å². The molecule has 0 aliphatic rings. The molecule has 0 aliphatic carbocycles. The number of hydrogen-bond acceptors (Lipinski definition) is 3. The predicted molar refractivity (Wildman–Crippen MR) is 48.8 cm³/mol. The predicted octanol–water partition coefficient (Wildman–Crippen LogP) is 1.88. The van der Waals surface area contributed by atoms with E-state index in [1.807, 2.05) is 0 Å². The minimum Gasteiger partial charge on any atom is -0.294 e. The highest BCUT2D eigenvalue weighted by Crippen LogP contribution is 2.16. The number of alkyl halides is 2. The van der Waals surface area contributed by atoms with Gasteiger partial charge in [0, 0.05) is 24.9 Å². The van der Waals surface area contributed by atoms with Crippen LogP contribution in [0.15, 0.2) is 24.5 Å². The summed E-state index contributed by atoms with van der Waals surface area (Å²) in [5.74, 6) is -5.48. The molecule has 0 fully saturated rings. The van der Waals surface area contributed by atoms with E-state index in [1.165, 1.54) is 24.5 Å². The van der Waals surface area contributed by atoms with Crippen LogP contribution in [-0.4, -0.2) is 22.5 Å². The van der Waals surface area contributed by atoms with E-state index in [9.17, 15) is 18.4 Å². The van der Waals surface area contributed by atoms with Crippen molar-refractivity contribution < 1.29 is 18.4 Å². The highest BCUT2D eigenvalue weighted by Gasteiger charge is 2.33. The lowest BCUT2D eigenvalue weighted by Crippen LogP contribution is -2.26. The van der Waals surface area contributed by atoms with Gasteiger partial charge in [-0.3, -0.25) is 14.6 Å². The van der Waals surface area contributed by atoms with Gasteiger partial charge in [-0.15, -0.1) is 0 Å². The zero-order valence-corrected chi connectivity index (χ0v) is 8.04. The van der Waals surface area contributed by atoms with Gasteiger partial charge in [0.25, 0.3) is 0 Å². The van der Waals surface area contributed by atoms with E-state index in [1.54, 1.807) is 0 Å². The Hall–Kier alpha value is -1.65. The molecule has 0 aromatic carbocycles. The van der Waals surface area contributed by atoms with E-state index < -0.39 is 23.9 Å². The Morgan fingerprint density at radius 3 is 2.60 bits per heavy atom. The third kappa shape index (κ3) is 3.19. The molecule has 15 heavy (non-hydrogen) atoms. The molecule has 80 valence electrons. The summed E-state index contributed by atoms with van der Waals surface area (Å²) in [4.78, 5) is 25.8. The Balaban J connectivity index is 2.70. The summed E-state index contributed by atoms with van der Waals surface area (Å²) in [5.41, 5.74) is 0.162. The molecule has 1 aromatic rings. The van der Waals surface area contributed by atoms with Gasteiger partial charge in [0.05, 0.1) is 6.42 Å². The van der Waals surface area contributed by atoms with Crippen LogP contribution in [0.3, 0.4) is 0 Å². The first kappa shape index (κ1) is 11.4. The molecule has 0 N–H and O–H groups in total. The standard InChI is InChI=1S/C10H9F2NO2/c1-10(11,12)9(15)5-8(14)7-3-2-4-13-6-7/h2-4,6H,5H2,1H3. The number of rotatable bonds is 4. The molecule has 0 radical (unpaired) electrons. The Morgan fingerprint density at radius 1 is 1.47 bits per heavy atom. The SMILES string of the molecule is CC(F)(F)C(=O)CC(=O)c1cccnc1. The van der Waals surface area contributed by atoms with E-state index in [-0.39, 0.29) is 5.56 Å². The van der Waals surface area contributed by atoms with Gasteiger partial charge in [0.2, 0.25) is 5.78 Å². The van der Waals surface area contributed by atoms with Crippen molar-refractivity contribution in [1.29, 1.82) is 0 Å². The summed E-state index contributed by atoms with van der Waals surface area (Å²) in [5, 5.41) is 0. The number of pyridine rings is 1. The molecular weight excluding hydrogens is 204 g/mol. The molecule has 0 saturated heterocycles.